The van der Waals surface area contributed by atoms with E-state index < -0.39 is 0 Å². The Balaban J connectivity index is 0.000000810. The Bertz CT molecular complexity index is 203. The Morgan fingerprint density at radius 3 is 2.50 bits per heavy atom. The number of quaternary nitrogens is 1. The van der Waals surface area contributed by atoms with Crippen LogP contribution in [0.1, 0.15) is 5.56 Å². The number of nitrogens with two attached hydrogens (primary N) is 1. The van der Waals surface area contributed by atoms with E-state index in [0.29, 0.717) is 0 Å². The second-order valence-corrected chi connectivity index (χ2v) is 2.03. The topological polar surface area (TPSA) is 39.7 Å². The van der Waals surface area contributed by atoms with E-state index in [4.69, 9.17) is 0 Å². The molecular formula is C7H9INO-. The van der Waals surface area contributed by atoms with E-state index in [1.807, 2.05) is 25.1 Å². The first-order valence-corrected chi connectivity index (χ1v) is 2.85. The van der Waals surface area contributed by atoms with Crippen molar-refractivity contribution in [3.8, 4) is 0 Å². The highest BCUT2D eigenvalue weighted by Crippen LogP contribution is 2.02. The van der Waals surface area contributed by atoms with Crippen LogP contribution < -0.4 is 29.5 Å². The van der Waals surface area contributed by atoms with Crippen LogP contribution >= 0.6 is 0 Å². The first kappa shape index (κ1) is 9.87. The van der Waals surface area contributed by atoms with Gasteiger partial charge in [0.2, 0.25) is 0 Å². The minimum Gasteiger partial charge on any atom is -1.00 e. The molecule has 0 aromatic heterocycles. The average molecular weight is 250 g/mol. The SMILES string of the molecule is Cc1cccc([NH2+][O-])c1.[I-]. The summed E-state index contributed by atoms with van der Waals surface area (Å²) in [5.74, 6) is 0. The van der Waals surface area contributed by atoms with Gasteiger partial charge in [0, 0.05) is 6.07 Å². The molecule has 0 spiro atoms. The van der Waals surface area contributed by atoms with Gasteiger partial charge in [-0.1, -0.05) is 12.1 Å². The van der Waals surface area contributed by atoms with Gasteiger partial charge in [-0.25, -0.2) is 0 Å². The lowest BCUT2D eigenvalue weighted by molar-refractivity contribution is -0.497. The summed E-state index contributed by atoms with van der Waals surface area (Å²) in [6.45, 7) is 1.97. The molecule has 0 bridgehead atoms. The van der Waals surface area contributed by atoms with Crippen molar-refractivity contribution >= 4 is 5.69 Å². The third-order valence-corrected chi connectivity index (χ3v) is 1.18. The van der Waals surface area contributed by atoms with Gasteiger partial charge >= 0.3 is 0 Å². The molecular weight excluding hydrogens is 241 g/mol. The predicted octanol–water partition coefficient (Wildman–Crippen LogP) is -2.31. The minimum atomic E-state index is 0. The van der Waals surface area contributed by atoms with E-state index in [1.54, 1.807) is 6.07 Å². The molecule has 0 saturated carbocycles. The van der Waals surface area contributed by atoms with Crippen LogP contribution in [0.25, 0.3) is 0 Å². The largest absolute Gasteiger partial charge is 1.00 e. The first-order chi connectivity index (χ1) is 4.33. The molecule has 0 aliphatic heterocycles. The van der Waals surface area contributed by atoms with Gasteiger partial charge < -0.3 is 34.7 Å². The zero-order chi connectivity index (χ0) is 6.69. The van der Waals surface area contributed by atoms with Crippen LogP contribution in [-0.2, 0) is 0 Å². The fraction of sp³-hybridized carbons (Fsp3) is 0.143. The molecule has 2 nitrogen and oxygen atoms in total. The van der Waals surface area contributed by atoms with Crippen molar-refractivity contribution in [1.82, 2.24) is 0 Å². The van der Waals surface area contributed by atoms with Gasteiger partial charge in [-0.3, -0.25) is 0 Å². The van der Waals surface area contributed by atoms with Crippen LogP contribution in [-0.4, -0.2) is 0 Å². The van der Waals surface area contributed by atoms with E-state index >= 15 is 0 Å². The predicted molar refractivity (Wildman–Crippen MR) is 36.1 cm³/mol. The molecule has 0 atom stereocenters. The molecule has 1 aromatic rings. The van der Waals surface area contributed by atoms with E-state index in [1.165, 1.54) is 0 Å². The summed E-state index contributed by atoms with van der Waals surface area (Å²) in [6, 6.07) is 7.49. The summed E-state index contributed by atoms with van der Waals surface area (Å²) in [6.07, 6.45) is 0. The third-order valence-electron chi connectivity index (χ3n) is 1.18. The molecule has 0 amide bonds. The highest BCUT2D eigenvalue weighted by Gasteiger charge is 1.87. The van der Waals surface area contributed by atoms with Gasteiger partial charge in [-0.15, -0.1) is 0 Å². The molecule has 0 heterocycles. The molecule has 0 saturated heterocycles. The Labute approximate surface area is 77.2 Å². The minimum absolute atomic E-state index is 0. The first-order valence-electron chi connectivity index (χ1n) is 2.85. The van der Waals surface area contributed by atoms with Gasteiger partial charge in [-0.05, 0) is 18.6 Å². The molecule has 1 rings (SSSR count). The van der Waals surface area contributed by atoms with E-state index in [-0.39, 0.29) is 24.0 Å². The van der Waals surface area contributed by atoms with Crippen LogP contribution in [0.4, 0.5) is 5.69 Å². The number of rotatable bonds is 1. The highest BCUT2D eigenvalue weighted by atomic mass is 127. The molecule has 0 aliphatic rings. The lowest BCUT2D eigenvalue weighted by Crippen LogP contribution is -3.00. The Morgan fingerprint density at radius 1 is 1.40 bits per heavy atom. The maximum Gasteiger partial charge on any atom is 0.129 e. The van der Waals surface area contributed by atoms with Gasteiger partial charge in [0.1, 0.15) is 5.69 Å². The molecule has 0 radical (unpaired) electrons. The number of hydrogen-bond donors (Lipinski definition) is 1. The summed E-state index contributed by atoms with van der Waals surface area (Å²) in [4.78, 5) is 0. The lowest BCUT2D eigenvalue weighted by atomic mass is 10.2. The van der Waals surface area contributed by atoms with E-state index in [9.17, 15) is 5.21 Å². The van der Waals surface area contributed by atoms with Crippen LogP contribution in [0.3, 0.4) is 0 Å². The average Bonchev–Trinajstić information content (AvgIpc) is 1.88. The zero-order valence-electron chi connectivity index (χ0n) is 5.67. The van der Waals surface area contributed by atoms with Crippen molar-refractivity contribution in [3.63, 3.8) is 0 Å². The molecule has 2 N–H and O–H groups in total. The van der Waals surface area contributed by atoms with Crippen LogP contribution in [0, 0.1) is 12.1 Å². The van der Waals surface area contributed by atoms with Gasteiger partial charge in [-0.2, -0.15) is 0 Å². The number of aryl methyl sites for hydroxylation is 1. The summed E-state index contributed by atoms with van der Waals surface area (Å²) < 4.78 is 0. The lowest BCUT2D eigenvalue weighted by Gasteiger charge is -1.99. The molecule has 56 valence electrons. The van der Waals surface area contributed by atoms with Crippen molar-refractivity contribution in [3.05, 3.63) is 35.0 Å². The molecule has 0 fully saturated rings. The second-order valence-electron chi connectivity index (χ2n) is 2.03. The number of halogens is 1. The second kappa shape index (κ2) is 4.65. The van der Waals surface area contributed by atoms with E-state index in [0.717, 1.165) is 16.7 Å². The summed E-state index contributed by atoms with van der Waals surface area (Å²) >= 11 is 0. The summed E-state index contributed by atoms with van der Waals surface area (Å²) in [5, 5.41) is 10.2. The Morgan fingerprint density at radius 2 is 2.10 bits per heavy atom. The van der Waals surface area contributed by atoms with Gasteiger partial charge in [0.25, 0.3) is 0 Å². The molecule has 0 unspecified atom stereocenters. The Hall–Kier alpha value is -0.130. The monoisotopic (exact) mass is 250 g/mol. The van der Waals surface area contributed by atoms with E-state index in [2.05, 4.69) is 0 Å². The molecule has 0 aliphatic carbocycles. The maximum atomic E-state index is 10.2. The fourth-order valence-corrected chi connectivity index (χ4v) is 0.743. The Kier molecular flexibility index (Phi) is 4.59. The summed E-state index contributed by atoms with van der Waals surface area (Å²) in [7, 11) is 0. The summed E-state index contributed by atoms with van der Waals surface area (Å²) in [5.41, 5.74) is 2.72. The highest BCUT2D eigenvalue weighted by molar-refractivity contribution is 5.32. The van der Waals surface area contributed by atoms with Crippen molar-refractivity contribution < 1.29 is 29.5 Å². The molecule has 3 heteroatoms. The van der Waals surface area contributed by atoms with Crippen LogP contribution in [0.2, 0.25) is 0 Å². The van der Waals surface area contributed by atoms with Gasteiger partial charge in [0.05, 0.1) is 0 Å². The normalized spacial score (nSPS) is 8.60. The van der Waals surface area contributed by atoms with Crippen molar-refractivity contribution in [1.29, 1.82) is 0 Å². The number of hydrogen-bond acceptors (Lipinski definition) is 1. The van der Waals surface area contributed by atoms with Gasteiger partial charge in [0.15, 0.2) is 0 Å². The van der Waals surface area contributed by atoms with Crippen LogP contribution in [0.15, 0.2) is 24.3 Å². The molecule has 10 heavy (non-hydrogen) atoms. The van der Waals surface area contributed by atoms with Crippen molar-refractivity contribution in [2.45, 2.75) is 6.92 Å². The smallest absolute Gasteiger partial charge is 0.129 e. The van der Waals surface area contributed by atoms with Crippen molar-refractivity contribution in [2.75, 3.05) is 0 Å². The third kappa shape index (κ3) is 2.64. The number of benzene rings is 1. The van der Waals surface area contributed by atoms with Crippen LogP contribution in [0.5, 0.6) is 0 Å². The zero-order valence-corrected chi connectivity index (χ0v) is 7.83. The van der Waals surface area contributed by atoms with Crippen molar-refractivity contribution in [2.24, 2.45) is 0 Å². The quantitative estimate of drug-likeness (QED) is 0.339. The maximum absolute atomic E-state index is 10.2. The molecule has 1 aromatic carbocycles. The standard InChI is InChI=1S/C7H9NO.HI/c1-6-3-2-4-7(5-6)8-9;/h2-5H,8H2,1H3;1H/p-1. The fourth-order valence-electron chi connectivity index (χ4n) is 0.743.